The lowest BCUT2D eigenvalue weighted by Gasteiger charge is -2.24. The van der Waals surface area contributed by atoms with Gasteiger partial charge in [-0.05, 0) is 25.8 Å². The Morgan fingerprint density at radius 1 is 1.38 bits per heavy atom. The molecule has 7 heteroatoms. The number of aryl methyl sites for hydroxylation is 1. The molecule has 3 heterocycles. The van der Waals surface area contributed by atoms with Crippen LogP contribution in [-0.2, 0) is 6.54 Å². The van der Waals surface area contributed by atoms with Crippen molar-refractivity contribution in [3.8, 4) is 5.88 Å². The summed E-state index contributed by atoms with van der Waals surface area (Å²) in [5, 5.41) is 12.8. The second kappa shape index (κ2) is 7.44. The molecule has 0 spiro atoms. The number of hydrogen-bond donors (Lipinski definition) is 2. The fourth-order valence-electron chi connectivity index (χ4n) is 2.99. The summed E-state index contributed by atoms with van der Waals surface area (Å²) in [7, 11) is 1.62. The van der Waals surface area contributed by atoms with Crippen LogP contribution in [-0.4, -0.2) is 46.4 Å². The average molecular weight is 329 g/mol. The molecule has 3 rings (SSSR count). The van der Waals surface area contributed by atoms with Gasteiger partial charge in [-0.25, -0.2) is 15.0 Å². The molecule has 2 N–H and O–H groups in total. The largest absolute Gasteiger partial charge is 0.481 e. The molecule has 0 saturated carbocycles. The zero-order valence-electron chi connectivity index (χ0n) is 14.1. The Kier molecular flexibility index (Phi) is 5.10. The van der Waals surface area contributed by atoms with E-state index in [9.17, 15) is 5.11 Å². The molecular weight excluding hydrogens is 306 g/mol. The molecule has 0 aliphatic carbocycles. The summed E-state index contributed by atoms with van der Waals surface area (Å²) in [6.07, 6.45) is 3.62. The lowest BCUT2D eigenvalue weighted by molar-refractivity contribution is 0.266. The number of rotatable bonds is 6. The van der Waals surface area contributed by atoms with Crippen molar-refractivity contribution < 1.29 is 9.84 Å². The third-order valence-corrected chi connectivity index (χ3v) is 4.27. The molecule has 128 valence electrons. The van der Waals surface area contributed by atoms with E-state index in [4.69, 9.17) is 4.74 Å². The van der Waals surface area contributed by atoms with E-state index >= 15 is 0 Å². The lowest BCUT2D eigenvalue weighted by Crippen LogP contribution is -2.32. The molecule has 7 nitrogen and oxygen atoms in total. The van der Waals surface area contributed by atoms with E-state index in [1.165, 1.54) is 0 Å². The Morgan fingerprint density at radius 2 is 2.25 bits per heavy atom. The zero-order valence-corrected chi connectivity index (χ0v) is 14.1. The molecule has 1 fully saturated rings. The van der Waals surface area contributed by atoms with Gasteiger partial charge in [-0.3, -0.25) is 0 Å². The van der Waals surface area contributed by atoms with E-state index in [0.717, 1.165) is 42.3 Å². The topological polar surface area (TPSA) is 83.4 Å². The number of aliphatic hydroxyl groups excluding tert-OH is 1. The van der Waals surface area contributed by atoms with Crippen LogP contribution in [0.4, 0.5) is 11.6 Å². The predicted octanol–water partition coefficient (Wildman–Crippen LogP) is 1.76. The monoisotopic (exact) mass is 329 g/mol. The van der Waals surface area contributed by atoms with Crippen molar-refractivity contribution in [3.05, 3.63) is 35.8 Å². The van der Waals surface area contributed by atoms with Crippen LogP contribution in [0.1, 0.15) is 24.1 Å². The van der Waals surface area contributed by atoms with Crippen molar-refractivity contribution in [1.29, 1.82) is 0 Å². The van der Waals surface area contributed by atoms with Crippen molar-refractivity contribution in [1.82, 2.24) is 15.0 Å². The van der Waals surface area contributed by atoms with Gasteiger partial charge in [0.1, 0.15) is 18.0 Å². The summed E-state index contributed by atoms with van der Waals surface area (Å²) in [6, 6.07) is 6.02. The van der Waals surface area contributed by atoms with Crippen LogP contribution in [0.15, 0.2) is 24.5 Å². The Bertz CT molecular complexity index is 694. The molecule has 1 aliphatic heterocycles. The van der Waals surface area contributed by atoms with Crippen LogP contribution in [0.2, 0.25) is 0 Å². The summed E-state index contributed by atoms with van der Waals surface area (Å²) in [5.41, 5.74) is 1.89. The fourth-order valence-corrected chi connectivity index (χ4v) is 2.99. The van der Waals surface area contributed by atoms with E-state index in [2.05, 4.69) is 25.2 Å². The van der Waals surface area contributed by atoms with Crippen molar-refractivity contribution >= 4 is 11.6 Å². The van der Waals surface area contributed by atoms with Crippen molar-refractivity contribution in [2.45, 2.75) is 32.4 Å². The van der Waals surface area contributed by atoms with Crippen LogP contribution in [0, 0.1) is 6.92 Å². The third kappa shape index (κ3) is 3.56. The predicted molar refractivity (Wildman–Crippen MR) is 92.3 cm³/mol. The first kappa shape index (κ1) is 16.4. The molecule has 1 aliphatic rings. The van der Waals surface area contributed by atoms with Crippen molar-refractivity contribution in [2.75, 3.05) is 30.5 Å². The first-order chi connectivity index (χ1) is 11.7. The minimum atomic E-state index is 0.147. The van der Waals surface area contributed by atoms with Gasteiger partial charge in [-0.2, -0.15) is 0 Å². The van der Waals surface area contributed by atoms with Gasteiger partial charge < -0.3 is 20.1 Å². The van der Waals surface area contributed by atoms with Gasteiger partial charge >= 0.3 is 0 Å². The normalized spacial score (nSPS) is 17.1. The number of nitrogens with zero attached hydrogens (tertiary/aromatic N) is 4. The number of pyridine rings is 1. The molecule has 1 atom stereocenters. The third-order valence-electron chi connectivity index (χ3n) is 4.27. The summed E-state index contributed by atoms with van der Waals surface area (Å²) in [6.45, 7) is 3.57. The molecule has 0 amide bonds. The quantitative estimate of drug-likeness (QED) is 0.835. The number of anilines is 2. The summed E-state index contributed by atoms with van der Waals surface area (Å²) in [4.78, 5) is 15.1. The van der Waals surface area contributed by atoms with Crippen molar-refractivity contribution in [2.24, 2.45) is 0 Å². The maximum absolute atomic E-state index is 9.48. The van der Waals surface area contributed by atoms with E-state index in [1.54, 1.807) is 13.4 Å². The summed E-state index contributed by atoms with van der Waals surface area (Å²) < 4.78 is 5.33. The Balaban J connectivity index is 1.71. The number of methoxy groups -OCH3 is 1. The van der Waals surface area contributed by atoms with Crippen LogP contribution in [0.25, 0.3) is 0 Å². The molecule has 1 saturated heterocycles. The van der Waals surface area contributed by atoms with Gasteiger partial charge in [0.15, 0.2) is 0 Å². The van der Waals surface area contributed by atoms with E-state index in [1.807, 2.05) is 25.1 Å². The van der Waals surface area contributed by atoms with E-state index in [0.29, 0.717) is 12.4 Å². The number of aliphatic hydroxyl groups is 1. The lowest BCUT2D eigenvalue weighted by atomic mass is 10.2. The molecule has 24 heavy (non-hydrogen) atoms. The minimum absolute atomic E-state index is 0.147. The zero-order chi connectivity index (χ0) is 16.9. The van der Waals surface area contributed by atoms with Crippen molar-refractivity contribution in [3.63, 3.8) is 0 Å². The molecule has 2 aromatic rings. The van der Waals surface area contributed by atoms with Crippen LogP contribution < -0.4 is 15.0 Å². The maximum Gasteiger partial charge on any atom is 0.218 e. The van der Waals surface area contributed by atoms with Crippen LogP contribution in [0.3, 0.4) is 0 Å². The van der Waals surface area contributed by atoms with E-state index in [-0.39, 0.29) is 12.6 Å². The Hall–Kier alpha value is -2.41. The standard InChI is InChI=1S/C17H23N5O2/c1-12-5-6-13(17(21-12)24-2)9-18-15-8-16(20-11-19-15)22-7-3-4-14(22)10-23/h5-6,8,11,14,23H,3-4,7,9-10H2,1-2H3,(H,18,19,20)/t14-/m0/s1. The molecule has 0 radical (unpaired) electrons. The number of hydrogen-bond acceptors (Lipinski definition) is 7. The number of nitrogens with one attached hydrogen (secondary N) is 1. The Morgan fingerprint density at radius 3 is 3.04 bits per heavy atom. The highest BCUT2D eigenvalue weighted by Gasteiger charge is 2.25. The molecule has 0 aromatic carbocycles. The fraction of sp³-hybridized carbons (Fsp3) is 0.471. The highest BCUT2D eigenvalue weighted by atomic mass is 16.5. The average Bonchev–Trinajstić information content (AvgIpc) is 3.09. The molecule has 0 bridgehead atoms. The number of aromatic nitrogens is 3. The van der Waals surface area contributed by atoms with Crippen LogP contribution in [0.5, 0.6) is 5.88 Å². The van der Waals surface area contributed by atoms with Gasteiger partial charge in [0, 0.05) is 30.4 Å². The second-order valence-corrected chi connectivity index (χ2v) is 5.91. The maximum atomic E-state index is 9.48. The molecular formula is C17H23N5O2. The van der Waals surface area contributed by atoms with Gasteiger partial charge in [0.2, 0.25) is 5.88 Å². The van der Waals surface area contributed by atoms with Crippen LogP contribution >= 0.6 is 0 Å². The van der Waals surface area contributed by atoms with Gasteiger partial charge in [0.05, 0.1) is 19.8 Å². The van der Waals surface area contributed by atoms with Gasteiger partial charge in [0.25, 0.3) is 0 Å². The minimum Gasteiger partial charge on any atom is -0.481 e. The summed E-state index contributed by atoms with van der Waals surface area (Å²) >= 11 is 0. The first-order valence-electron chi connectivity index (χ1n) is 8.15. The SMILES string of the molecule is COc1nc(C)ccc1CNc1cc(N2CCC[C@H]2CO)ncn1. The number of ether oxygens (including phenoxy) is 1. The first-order valence-corrected chi connectivity index (χ1v) is 8.15. The molecule has 0 unspecified atom stereocenters. The van der Waals surface area contributed by atoms with E-state index < -0.39 is 0 Å². The van der Waals surface area contributed by atoms with Gasteiger partial charge in [-0.15, -0.1) is 0 Å². The second-order valence-electron chi connectivity index (χ2n) is 5.91. The highest BCUT2D eigenvalue weighted by molar-refractivity contribution is 5.50. The Labute approximate surface area is 141 Å². The summed E-state index contributed by atoms with van der Waals surface area (Å²) in [5.74, 6) is 2.21. The van der Waals surface area contributed by atoms with Gasteiger partial charge in [-0.1, -0.05) is 6.07 Å². The smallest absolute Gasteiger partial charge is 0.218 e. The molecule has 2 aromatic heterocycles. The highest BCUT2D eigenvalue weighted by Crippen LogP contribution is 2.25.